The molecule has 186 valence electrons. The predicted octanol–water partition coefficient (Wildman–Crippen LogP) is 1.15. The van der Waals surface area contributed by atoms with Crippen LogP contribution in [0.1, 0.15) is 53.9 Å². The molecule has 4 aliphatic rings. The molecule has 1 heterocycles. The molecule has 3 N–H and O–H groups in total. The lowest BCUT2D eigenvalue weighted by Gasteiger charge is -2.67. The third-order valence-electron chi connectivity index (χ3n) is 9.03. The Labute approximate surface area is 197 Å². The van der Waals surface area contributed by atoms with E-state index in [1.165, 1.54) is 6.92 Å². The third kappa shape index (κ3) is 3.18. The van der Waals surface area contributed by atoms with E-state index >= 15 is 0 Å². The molecule has 0 amide bonds. The van der Waals surface area contributed by atoms with Crippen molar-refractivity contribution in [1.82, 2.24) is 0 Å². The van der Waals surface area contributed by atoms with Gasteiger partial charge in [-0.05, 0) is 38.4 Å². The summed E-state index contributed by atoms with van der Waals surface area (Å²) < 4.78 is 18.0. The summed E-state index contributed by atoms with van der Waals surface area (Å²) in [7, 11) is 2.59. The standard InChI is InChI=1S/C24H37O8P/c1-12-6-7-24(29)20(30-8-9-33)18-22(5,19(28)17(27)16(12)21(24,3)4)14(26)10-15-23(18,11-31-15)32-13(2)25/h14-15,17-18,20,26-27,29H,6-11,33H2,1-5H3/t14-,15+,17?,18-,20-,22+,23-,24+/m0/s1. The number of fused-ring (bicyclic) bond motifs is 5. The van der Waals surface area contributed by atoms with E-state index in [2.05, 4.69) is 9.24 Å². The van der Waals surface area contributed by atoms with Crippen molar-refractivity contribution in [3.8, 4) is 0 Å². The Hall–Kier alpha value is -0.890. The van der Waals surface area contributed by atoms with Crippen LogP contribution in [-0.4, -0.2) is 82.1 Å². The summed E-state index contributed by atoms with van der Waals surface area (Å²) in [6, 6.07) is 0. The maximum Gasteiger partial charge on any atom is 0.303 e. The van der Waals surface area contributed by atoms with Gasteiger partial charge in [-0.3, -0.25) is 9.59 Å². The number of allylic oxidation sites excluding steroid dienone is 1. The molecule has 8 nitrogen and oxygen atoms in total. The number of Topliss-reactive ketones (excluding diaryl/α,β-unsaturated/α-hetero) is 1. The minimum Gasteiger partial charge on any atom is -0.454 e. The van der Waals surface area contributed by atoms with Crippen LogP contribution in [0.25, 0.3) is 0 Å². The van der Waals surface area contributed by atoms with E-state index < -0.39 is 64.1 Å². The van der Waals surface area contributed by atoms with Crippen molar-refractivity contribution in [3.63, 3.8) is 0 Å². The molecular weight excluding hydrogens is 447 g/mol. The molecule has 3 fully saturated rings. The highest BCUT2D eigenvalue weighted by atomic mass is 31.0. The van der Waals surface area contributed by atoms with Gasteiger partial charge in [0.15, 0.2) is 11.4 Å². The van der Waals surface area contributed by atoms with E-state index in [1.807, 2.05) is 20.8 Å². The largest absolute Gasteiger partial charge is 0.454 e. The maximum absolute atomic E-state index is 14.1. The minimum atomic E-state index is -1.53. The highest BCUT2D eigenvalue weighted by molar-refractivity contribution is 7.16. The number of esters is 1. The first-order valence-corrected chi connectivity index (χ1v) is 12.6. The molecule has 2 bridgehead atoms. The van der Waals surface area contributed by atoms with E-state index in [0.717, 1.165) is 5.57 Å². The number of ether oxygens (including phenoxy) is 3. The van der Waals surface area contributed by atoms with Crippen LogP contribution in [-0.2, 0) is 23.8 Å². The fraction of sp³-hybridized carbons (Fsp3) is 0.833. The summed E-state index contributed by atoms with van der Waals surface area (Å²) in [6.07, 6.45) is -2.73. The van der Waals surface area contributed by atoms with Gasteiger partial charge in [-0.25, -0.2) is 0 Å². The summed E-state index contributed by atoms with van der Waals surface area (Å²) in [5.74, 6) is -1.99. The SMILES string of the molecule is CC(=O)O[C@@]12CO[C@@H]1C[C@H](O)[C@@]1(C)C(=O)C(O)C3=C(C)CC[C@@](O)([C@@H](OCCP)[C@H]21)C3(C)C. The van der Waals surface area contributed by atoms with Crippen molar-refractivity contribution in [2.75, 3.05) is 19.4 Å². The molecule has 0 spiro atoms. The average molecular weight is 485 g/mol. The molecule has 2 unspecified atom stereocenters. The van der Waals surface area contributed by atoms with Crippen molar-refractivity contribution in [1.29, 1.82) is 0 Å². The second-order valence-electron chi connectivity index (χ2n) is 11.0. The van der Waals surface area contributed by atoms with Gasteiger partial charge in [-0.15, -0.1) is 9.24 Å². The van der Waals surface area contributed by atoms with Gasteiger partial charge in [0.2, 0.25) is 0 Å². The van der Waals surface area contributed by atoms with Gasteiger partial charge >= 0.3 is 5.97 Å². The molecular formula is C24H37O8P. The molecule has 0 aromatic heterocycles. The Balaban J connectivity index is 2.03. The summed E-state index contributed by atoms with van der Waals surface area (Å²) >= 11 is 0. The van der Waals surface area contributed by atoms with E-state index in [4.69, 9.17) is 14.2 Å². The fourth-order valence-electron chi connectivity index (χ4n) is 7.20. The zero-order valence-corrected chi connectivity index (χ0v) is 21.2. The molecule has 3 aliphatic carbocycles. The number of hydrogen-bond donors (Lipinski definition) is 3. The van der Waals surface area contributed by atoms with Crippen molar-refractivity contribution in [2.45, 2.75) is 89.5 Å². The summed E-state index contributed by atoms with van der Waals surface area (Å²) in [5.41, 5.74) is -3.92. The van der Waals surface area contributed by atoms with Gasteiger partial charge in [0.05, 0.1) is 30.8 Å². The van der Waals surface area contributed by atoms with Gasteiger partial charge in [0, 0.05) is 24.7 Å². The van der Waals surface area contributed by atoms with Crippen molar-refractivity contribution < 1.29 is 39.1 Å². The molecule has 1 saturated heterocycles. The second-order valence-corrected chi connectivity index (χ2v) is 11.5. The average Bonchev–Trinajstić information content (AvgIpc) is 2.72. The molecule has 2 saturated carbocycles. The van der Waals surface area contributed by atoms with Crippen LogP contribution < -0.4 is 0 Å². The van der Waals surface area contributed by atoms with E-state index in [0.29, 0.717) is 24.6 Å². The molecule has 0 radical (unpaired) electrons. The zero-order valence-electron chi connectivity index (χ0n) is 20.1. The molecule has 9 atom stereocenters. The van der Waals surface area contributed by atoms with Crippen molar-refractivity contribution in [2.24, 2.45) is 16.7 Å². The smallest absolute Gasteiger partial charge is 0.303 e. The summed E-state index contributed by atoms with van der Waals surface area (Å²) in [6.45, 7) is 8.76. The van der Waals surface area contributed by atoms with E-state index in [9.17, 15) is 24.9 Å². The number of carbonyl (C=O) groups is 2. The Morgan fingerprint density at radius 3 is 2.48 bits per heavy atom. The number of rotatable bonds is 4. The van der Waals surface area contributed by atoms with Crippen LogP contribution in [0.5, 0.6) is 0 Å². The van der Waals surface area contributed by atoms with E-state index in [-0.39, 0.29) is 19.6 Å². The number of aliphatic hydroxyl groups excluding tert-OH is 2. The monoisotopic (exact) mass is 484 g/mol. The van der Waals surface area contributed by atoms with Gasteiger partial charge in [-0.1, -0.05) is 19.4 Å². The number of carbonyl (C=O) groups excluding carboxylic acids is 2. The quantitative estimate of drug-likeness (QED) is 0.309. The third-order valence-corrected chi connectivity index (χ3v) is 9.26. The topological polar surface area (TPSA) is 123 Å². The van der Waals surface area contributed by atoms with Gasteiger partial charge in [0.25, 0.3) is 0 Å². The Morgan fingerprint density at radius 1 is 1.27 bits per heavy atom. The van der Waals surface area contributed by atoms with E-state index in [1.54, 1.807) is 6.92 Å². The normalized spacial score (nSPS) is 46.5. The fourth-order valence-corrected chi connectivity index (χ4v) is 7.33. The van der Waals surface area contributed by atoms with Gasteiger partial charge in [0.1, 0.15) is 17.8 Å². The van der Waals surface area contributed by atoms with Gasteiger partial charge in [-0.2, -0.15) is 0 Å². The summed E-state index contributed by atoms with van der Waals surface area (Å²) in [4.78, 5) is 26.3. The molecule has 0 aromatic carbocycles. The first kappa shape index (κ1) is 25.2. The molecule has 9 heteroatoms. The van der Waals surface area contributed by atoms with Crippen LogP contribution in [0.2, 0.25) is 0 Å². The molecule has 33 heavy (non-hydrogen) atoms. The Kier molecular flexibility index (Phi) is 6.17. The predicted molar refractivity (Wildman–Crippen MR) is 122 cm³/mol. The zero-order chi connectivity index (χ0) is 24.6. The van der Waals surface area contributed by atoms with Crippen molar-refractivity contribution in [3.05, 3.63) is 11.1 Å². The Morgan fingerprint density at radius 2 is 1.94 bits per heavy atom. The van der Waals surface area contributed by atoms with Crippen LogP contribution in [0.3, 0.4) is 0 Å². The lowest BCUT2D eigenvalue weighted by molar-refractivity contribution is -0.349. The van der Waals surface area contributed by atoms with Crippen LogP contribution in [0.4, 0.5) is 0 Å². The number of aliphatic hydroxyl groups is 3. The summed E-state index contributed by atoms with van der Waals surface area (Å²) in [5, 5.41) is 35.1. The highest BCUT2D eigenvalue weighted by Gasteiger charge is 2.76. The van der Waals surface area contributed by atoms with Gasteiger partial charge < -0.3 is 29.5 Å². The molecule has 4 rings (SSSR count). The lowest BCUT2D eigenvalue weighted by atomic mass is 9.45. The number of ketones is 1. The van der Waals surface area contributed by atoms with Crippen LogP contribution >= 0.6 is 9.24 Å². The molecule has 1 aliphatic heterocycles. The first-order valence-electron chi connectivity index (χ1n) is 11.7. The van der Waals surface area contributed by atoms with Crippen LogP contribution in [0.15, 0.2) is 11.1 Å². The lowest BCUT2D eigenvalue weighted by Crippen LogP contribution is -2.81. The maximum atomic E-state index is 14.1. The minimum absolute atomic E-state index is 0.0343. The Bertz CT molecular complexity index is 886. The number of hydrogen-bond acceptors (Lipinski definition) is 8. The van der Waals surface area contributed by atoms with Crippen molar-refractivity contribution >= 4 is 21.0 Å². The first-order chi connectivity index (χ1) is 15.3. The highest BCUT2D eigenvalue weighted by Crippen LogP contribution is 2.63. The molecule has 0 aromatic rings. The van der Waals surface area contributed by atoms with Crippen LogP contribution in [0, 0.1) is 16.7 Å². The second kappa shape index (κ2) is 8.07.